The molecule has 2 heteroatoms. The van der Waals surface area contributed by atoms with Crippen molar-refractivity contribution in [3.63, 3.8) is 0 Å². The molecule has 1 aliphatic heterocycles. The Bertz CT molecular complexity index is 441. The van der Waals surface area contributed by atoms with E-state index in [1.807, 2.05) is 12.1 Å². The Morgan fingerprint density at radius 2 is 1.90 bits per heavy atom. The first-order valence-corrected chi connectivity index (χ1v) is 8.02. The highest BCUT2D eigenvalue weighted by atomic mass is 16.3. The lowest BCUT2D eigenvalue weighted by atomic mass is 9.89. The van der Waals surface area contributed by atoms with Crippen LogP contribution in [0.2, 0.25) is 0 Å². The monoisotopic (exact) mass is 275 g/mol. The Morgan fingerprint density at radius 3 is 2.60 bits per heavy atom. The fraction of sp³-hybridized carbons (Fsp3) is 0.667. The van der Waals surface area contributed by atoms with Crippen molar-refractivity contribution in [1.29, 1.82) is 0 Å². The molecule has 2 nitrogen and oxygen atoms in total. The maximum absolute atomic E-state index is 10.1. The fourth-order valence-electron chi connectivity index (χ4n) is 3.40. The summed E-state index contributed by atoms with van der Waals surface area (Å²) in [5, 5.41) is 10.1. The second-order valence-corrected chi connectivity index (χ2v) is 6.71. The third-order valence-electron chi connectivity index (χ3n) is 4.93. The van der Waals surface area contributed by atoms with Crippen LogP contribution in [0.15, 0.2) is 18.2 Å². The van der Waals surface area contributed by atoms with Crippen molar-refractivity contribution in [2.75, 3.05) is 13.1 Å². The minimum absolute atomic E-state index is 0.306. The number of benzene rings is 1. The molecule has 1 fully saturated rings. The van der Waals surface area contributed by atoms with E-state index in [1.165, 1.54) is 24.8 Å². The predicted octanol–water partition coefficient (Wildman–Crippen LogP) is 4.52. The van der Waals surface area contributed by atoms with Gasteiger partial charge in [-0.15, -0.1) is 0 Å². The lowest BCUT2D eigenvalue weighted by Gasteiger charge is -2.29. The van der Waals surface area contributed by atoms with Crippen LogP contribution in [-0.2, 0) is 0 Å². The molecule has 1 aromatic carbocycles. The Morgan fingerprint density at radius 1 is 1.15 bits per heavy atom. The molecule has 2 unspecified atom stereocenters. The summed E-state index contributed by atoms with van der Waals surface area (Å²) in [4.78, 5) is 2.54. The van der Waals surface area contributed by atoms with Crippen LogP contribution in [0, 0.1) is 18.8 Å². The zero-order valence-corrected chi connectivity index (χ0v) is 13.4. The molecular weight excluding hydrogens is 246 g/mol. The van der Waals surface area contributed by atoms with Gasteiger partial charge in [-0.25, -0.2) is 0 Å². The first-order chi connectivity index (χ1) is 9.49. The quantitative estimate of drug-likeness (QED) is 0.876. The molecule has 2 rings (SSSR count). The maximum Gasteiger partial charge on any atom is 0.120 e. The van der Waals surface area contributed by atoms with Gasteiger partial charge < -0.3 is 5.11 Å². The van der Waals surface area contributed by atoms with Gasteiger partial charge in [0.05, 0.1) is 0 Å². The standard InChI is InChI=1S/C18H29NO/c1-13(2)16-6-5-10-19(11-9-16)15(4)17-12-14(3)7-8-18(17)20/h7-8,12-13,15-16,20H,5-6,9-11H2,1-4H3. The molecule has 1 N–H and O–H groups in total. The molecule has 1 saturated heterocycles. The Kier molecular flexibility index (Phi) is 5.09. The molecule has 0 aliphatic carbocycles. The summed E-state index contributed by atoms with van der Waals surface area (Å²) in [6.45, 7) is 11.3. The molecule has 0 radical (unpaired) electrons. The van der Waals surface area contributed by atoms with E-state index in [0.717, 1.165) is 30.5 Å². The van der Waals surface area contributed by atoms with E-state index >= 15 is 0 Å². The molecule has 1 aromatic rings. The molecule has 20 heavy (non-hydrogen) atoms. The van der Waals surface area contributed by atoms with E-state index in [9.17, 15) is 5.11 Å². The summed E-state index contributed by atoms with van der Waals surface area (Å²) in [5.74, 6) is 2.09. The number of hydrogen-bond donors (Lipinski definition) is 1. The van der Waals surface area contributed by atoms with Crippen molar-refractivity contribution in [2.24, 2.45) is 11.8 Å². The Balaban J connectivity index is 2.09. The fourth-order valence-corrected chi connectivity index (χ4v) is 3.40. The predicted molar refractivity (Wildman–Crippen MR) is 85.0 cm³/mol. The number of phenolic OH excluding ortho intramolecular Hbond substituents is 1. The van der Waals surface area contributed by atoms with E-state index < -0.39 is 0 Å². The van der Waals surface area contributed by atoms with Crippen molar-refractivity contribution < 1.29 is 5.11 Å². The molecule has 0 spiro atoms. The average molecular weight is 275 g/mol. The number of aromatic hydroxyl groups is 1. The number of nitrogens with zero attached hydrogens (tertiary/aromatic N) is 1. The van der Waals surface area contributed by atoms with Crippen LogP contribution < -0.4 is 0 Å². The smallest absolute Gasteiger partial charge is 0.120 e. The maximum atomic E-state index is 10.1. The van der Waals surface area contributed by atoms with Gasteiger partial charge in [0.15, 0.2) is 0 Å². The van der Waals surface area contributed by atoms with Gasteiger partial charge in [0.2, 0.25) is 0 Å². The Labute approximate surface area is 123 Å². The molecule has 0 saturated carbocycles. The highest BCUT2D eigenvalue weighted by Crippen LogP contribution is 2.33. The lowest BCUT2D eigenvalue weighted by Crippen LogP contribution is -2.28. The minimum Gasteiger partial charge on any atom is -0.508 e. The molecule has 0 amide bonds. The van der Waals surface area contributed by atoms with Gasteiger partial charge in [0, 0.05) is 11.6 Å². The summed E-state index contributed by atoms with van der Waals surface area (Å²) in [7, 11) is 0. The van der Waals surface area contributed by atoms with Crippen molar-refractivity contribution in [3.05, 3.63) is 29.3 Å². The first kappa shape index (κ1) is 15.4. The van der Waals surface area contributed by atoms with E-state index in [0.29, 0.717) is 11.8 Å². The Hall–Kier alpha value is -1.02. The van der Waals surface area contributed by atoms with E-state index in [4.69, 9.17) is 0 Å². The molecular formula is C18H29NO. The molecule has 2 atom stereocenters. The van der Waals surface area contributed by atoms with Gasteiger partial charge in [-0.3, -0.25) is 4.90 Å². The second kappa shape index (κ2) is 6.62. The molecule has 1 aliphatic rings. The number of hydrogen-bond acceptors (Lipinski definition) is 2. The molecule has 0 bridgehead atoms. The zero-order valence-electron chi connectivity index (χ0n) is 13.4. The summed E-state index contributed by atoms with van der Waals surface area (Å²) in [5.41, 5.74) is 2.30. The van der Waals surface area contributed by atoms with Crippen LogP contribution in [0.5, 0.6) is 5.75 Å². The largest absolute Gasteiger partial charge is 0.508 e. The summed E-state index contributed by atoms with van der Waals surface area (Å²) in [6.07, 6.45) is 3.91. The summed E-state index contributed by atoms with van der Waals surface area (Å²) >= 11 is 0. The van der Waals surface area contributed by atoms with Crippen LogP contribution in [0.4, 0.5) is 0 Å². The first-order valence-electron chi connectivity index (χ1n) is 8.02. The van der Waals surface area contributed by atoms with Crippen molar-refractivity contribution in [3.8, 4) is 5.75 Å². The van der Waals surface area contributed by atoms with Gasteiger partial charge >= 0.3 is 0 Å². The lowest BCUT2D eigenvalue weighted by molar-refractivity contribution is 0.209. The third-order valence-corrected chi connectivity index (χ3v) is 4.93. The third kappa shape index (κ3) is 3.54. The SMILES string of the molecule is Cc1ccc(O)c(C(C)N2CCCC(C(C)C)CC2)c1. The van der Waals surface area contributed by atoms with Crippen LogP contribution in [0.3, 0.4) is 0 Å². The molecule has 1 heterocycles. The molecule has 112 valence electrons. The van der Waals surface area contributed by atoms with Crippen LogP contribution >= 0.6 is 0 Å². The van der Waals surface area contributed by atoms with E-state index in [1.54, 1.807) is 0 Å². The van der Waals surface area contributed by atoms with Gasteiger partial charge in [-0.05, 0) is 64.1 Å². The summed E-state index contributed by atoms with van der Waals surface area (Å²) in [6, 6.07) is 6.24. The summed E-state index contributed by atoms with van der Waals surface area (Å²) < 4.78 is 0. The molecule has 0 aromatic heterocycles. The van der Waals surface area contributed by atoms with Crippen LogP contribution in [0.1, 0.15) is 57.2 Å². The van der Waals surface area contributed by atoms with Crippen molar-refractivity contribution in [1.82, 2.24) is 4.90 Å². The van der Waals surface area contributed by atoms with Gasteiger partial charge in [0.25, 0.3) is 0 Å². The zero-order chi connectivity index (χ0) is 14.7. The van der Waals surface area contributed by atoms with Gasteiger partial charge in [-0.2, -0.15) is 0 Å². The highest BCUT2D eigenvalue weighted by molar-refractivity contribution is 5.37. The average Bonchev–Trinajstić information content (AvgIpc) is 2.66. The van der Waals surface area contributed by atoms with Crippen LogP contribution in [0.25, 0.3) is 0 Å². The number of likely N-dealkylation sites (tertiary alicyclic amines) is 1. The second-order valence-electron chi connectivity index (χ2n) is 6.71. The van der Waals surface area contributed by atoms with E-state index in [-0.39, 0.29) is 0 Å². The number of phenols is 1. The van der Waals surface area contributed by atoms with E-state index in [2.05, 4.69) is 38.7 Å². The van der Waals surface area contributed by atoms with Crippen LogP contribution in [-0.4, -0.2) is 23.1 Å². The van der Waals surface area contributed by atoms with Gasteiger partial charge in [0.1, 0.15) is 5.75 Å². The van der Waals surface area contributed by atoms with Crippen molar-refractivity contribution >= 4 is 0 Å². The normalized spacial score (nSPS) is 22.8. The van der Waals surface area contributed by atoms with Crippen molar-refractivity contribution in [2.45, 2.75) is 53.0 Å². The minimum atomic E-state index is 0.306. The number of aryl methyl sites for hydroxylation is 1. The van der Waals surface area contributed by atoms with Gasteiger partial charge in [-0.1, -0.05) is 31.5 Å². The topological polar surface area (TPSA) is 23.5 Å². The highest BCUT2D eigenvalue weighted by Gasteiger charge is 2.24. The number of rotatable bonds is 3.